The Bertz CT molecular complexity index is 625. The molecule has 5 nitrogen and oxygen atoms in total. The van der Waals surface area contributed by atoms with Gasteiger partial charge >= 0.3 is 6.18 Å². The van der Waals surface area contributed by atoms with Gasteiger partial charge in [0.2, 0.25) is 0 Å². The largest absolute Gasteiger partial charge is 0.416 e. The Hall–Kier alpha value is -2.64. The molecule has 1 amide bonds. The summed E-state index contributed by atoms with van der Waals surface area (Å²) in [5.74, 6) is -0.530. The first kappa shape index (κ1) is 13.8. The molecule has 8 heteroatoms. The summed E-state index contributed by atoms with van der Waals surface area (Å²) in [6.07, 6.45) is -4.47. The maximum Gasteiger partial charge on any atom is 0.416 e. The van der Waals surface area contributed by atoms with E-state index in [1.54, 1.807) is 0 Å². The number of nitrogen functional groups attached to an aromatic ring is 1. The zero-order valence-corrected chi connectivity index (χ0v) is 9.98. The first-order chi connectivity index (χ1) is 9.36. The number of nitrogens with two attached hydrogens (primary N) is 1. The molecular weight excluding hydrogens is 273 g/mol. The summed E-state index contributed by atoms with van der Waals surface area (Å²) >= 11 is 0. The monoisotopic (exact) mass is 282 g/mol. The van der Waals surface area contributed by atoms with Gasteiger partial charge in [0.25, 0.3) is 5.91 Å². The van der Waals surface area contributed by atoms with E-state index in [9.17, 15) is 18.0 Å². The minimum Gasteiger partial charge on any atom is -0.382 e. The molecule has 0 spiro atoms. The van der Waals surface area contributed by atoms with Crippen LogP contribution in [0.5, 0.6) is 0 Å². The lowest BCUT2D eigenvalue weighted by atomic mass is 10.2. The van der Waals surface area contributed by atoms with Crippen molar-refractivity contribution in [3.63, 3.8) is 0 Å². The quantitative estimate of drug-likeness (QED) is 0.885. The topological polar surface area (TPSA) is 80.9 Å². The van der Waals surface area contributed by atoms with E-state index < -0.39 is 17.6 Å². The maximum atomic E-state index is 12.5. The lowest BCUT2D eigenvalue weighted by Gasteiger charge is -2.09. The fourth-order valence-corrected chi connectivity index (χ4v) is 1.43. The van der Waals surface area contributed by atoms with E-state index in [0.29, 0.717) is 0 Å². The van der Waals surface area contributed by atoms with Crippen LogP contribution >= 0.6 is 0 Å². The van der Waals surface area contributed by atoms with E-state index in [1.165, 1.54) is 24.3 Å². The highest BCUT2D eigenvalue weighted by Gasteiger charge is 2.30. The maximum absolute atomic E-state index is 12.5. The Morgan fingerprint density at radius 3 is 2.50 bits per heavy atom. The third-order valence-electron chi connectivity index (χ3n) is 2.37. The van der Waals surface area contributed by atoms with Gasteiger partial charge in [0, 0.05) is 5.69 Å². The molecule has 0 aliphatic rings. The Balaban J connectivity index is 2.18. The highest BCUT2D eigenvalue weighted by Crippen LogP contribution is 2.30. The summed E-state index contributed by atoms with van der Waals surface area (Å²) in [5, 5.41) is 9.33. The van der Waals surface area contributed by atoms with E-state index in [1.807, 2.05) is 0 Å². The van der Waals surface area contributed by atoms with Crippen molar-refractivity contribution in [2.45, 2.75) is 6.18 Å². The van der Waals surface area contributed by atoms with Gasteiger partial charge in [-0.05, 0) is 30.3 Å². The van der Waals surface area contributed by atoms with Crippen LogP contribution in [0, 0.1) is 0 Å². The van der Waals surface area contributed by atoms with Crippen molar-refractivity contribution in [1.82, 2.24) is 10.2 Å². The van der Waals surface area contributed by atoms with Crippen LogP contribution in [-0.4, -0.2) is 16.1 Å². The third kappa shape index (κ3) is 3.22. The number of hydrogen-bond donors (Lipinski definition) is 2. The molecule has 0 atom stereocenters. The number of alkyl halides is 3. The zero-order valence-electron chi connectivity index (χ0n) is 9.98. The Morgan fingerprint density at radius 1 is 1.15 bits per heavy atom. The van der Waals surface area contributed by atoms with E-state index in [0.717, 1.165) is 12.1 Å². The molecule has 1 aromatic carbocycles. The molecule has 20 heavy (non-hydrogen) atoms. The molecule has 0 unspecified atom stereocenters. The van der Waals surface area contributed by atoms with Gasteiger partial charge in [-0.2, -0.15) is 13.2 Å². The van der Waals surface area contributed by atoms with Crippen LogP contribution in [0.4, 0.5) is 24.7 Å². The number of nitrogens with zero attached hydrogens (tertiary/aromatic N) is 2. The van der Waals surface area contributed by atoms with Gasteiger partial charge in [0.15, 0.2) is 5.69 Å². The SMILES string of the molecule is Nc1ccc(C(=O)Nc2cccc(C(F)(F)F)c2)nn1. The second kappa shape index (κ2) is 5.16. The highest BCUT2D eigenvalue weighted by molar-refractivity contribution is 6.02. The first-order valence-corrected chi connectivity index (χ1v) is 5.44. The molecule has 0 aliphatic heterocycles. The molecule has 0 radical (unpaired) electrons. The lowest BCUT2D eigenvalue weighted by Crippen LogP contribution is -2.15. The second-order valence-corrected chi connectivity index (χ2v) is 3.88. The minimum atomic E-state index is -4.47. The number of hydrogen-bond acceptors (Lipinski definition) is 4. The smallest absolute Gasteiger partial charge is 0.382 e. The average molecular weight is 282 g/mol. The van der Waals surface area contributed by atoms with E-state index in [2.05, 4.69) is 15.5 Å². The molecule has 1 aromatic heterocycles. The summed E-state index contributed by atoms with van der Waals surface area (Å²) in [6, 6.07) is 6.99. The lowest BCUT2D eigenvalue weighted by molar-refractivity contribution is -0.137. The van der Waals surface area contributed by atoms with Crippen LogP contribution in [0.1, 0.15) is 16.1 Å². The van der Waals surface area contributed by atoms with Crippen molar-refractivity contribution < 1.29 is 18.0 Å². The molecule has 0 saturated heterocycles. The molecule has 3 N–H and O–H groups in total. The number of halogens is 3. The van der Waals surface area contributed by atoms with Gasteiger partial charge in [0.1, 0.15) is 5.82 Å². The molecule has 104 valence electrons. The number of carbonyl (C=O) groups excluding carboxylic acids is 1. The third-order valence-corrected chi connectivity index (χ3v) is 2.37. The predicted molar refractivity (Wildman–Crippen MR) is 65.8 cm³/mol. The number of nitrogens with one attached hydrogen (secondary N) is 1. The number of amides is 1. The second-order valence-electron chi connectivity index (χ2n) is 3.88. The summed E-state index contributed by atoms with van der Waals surface area (Å²) < 4.78 is 37.6. The summed E-state index contributed by atoms with van der Waals surface area (Å²) in [6.45, 7) is 0. The molecule has 0 fully saturated rings. The van der Waals surface area contributed by atoms with Crippen LogP contribution in [0.15, 0.2) is 36.4 Å². The van der Waals surface area contributed by atoms with Crippen molar-refractivity contribution in [3.05, 3.63) is 47.7 Å². The summed E-state index contributed by atoms with van der Waals surface area (Å²) in [5.41, 5.74) is 4.44. The number of benzene rings is 1. The van der Waals surface area contributed by atoms with Crippen LogP contribution < -0.4 is 11.1 Å². The fraction of sp³-hybridized carbons (Fsp3) is 0.0833. The van der Waals surface area contributed by atoms with Gasteiger partial charge < -0.3 is 11.1 Å². The van der Waals surface area contributed by atoms with Gasteiger partial charge in [-0.3, -0.25) is 4.79 Å². The molecule has 1 heterocycles. The minimum absolute atomic E-state index is 0.0171. The van der Waals surface area contributed by atoms with E-state index in [4.69, 9.17) is 5.73 Å². The first-order valence-electron chi connectivity index (χ1n) is 5.44. The highest BCUT2D eigenvalue weighted by atomic mass is 19.4. The van der Waals surface area contributed by atoms with Crippen LogP contribution in [0.25, 0.3) is 0 Å². The zero-order chi connectivity index (χ0) is 14.8. The van der Waals surface area contributed by atoms with E-state index in [-0.39, 0.29) is 17.2 Å². The van der Waals surface area contributed by atoms with Crippen LogP contribution in [-0.2, 0) is 6.18 Å². The predicted octanol–water partition coefficient (Wildman–Crippen LogP) is 2.33. The molecule has 0 saturated carbocycles. The number of aromatic nitrogens is 2. The summed E-state index contributed by atoms with van der Waals surface area (Å²) in [4.78, 5) is 11.8. The Kier molecular flexibility index (Phi) is 3.55. The van der Waals surface area contributed by atoms with E-state index >= 15 is 0 Å². The van der Waals surface area contributed by atoms with Crippen LogP contribution in [0.3, 0.4) is 0 Å². The van der Waals surface area contributed by atoms with Crippen molar-refractivity contribution in [1.29, 1.82) is 0 Å². The normalized spacial score (nSPS) is 11.2. The number of rotatable bonds is 2. The molecular formula is C12H9F3N4O. The van der Waals surface area contributed by atoms with Gasteiger partial charge in [0.05, 0.1) is 5.56 Å². The Morgan fingerprint density at radius 2 is 1.90 bits per heavy atom. The molecule has 0 bridgehead atoms. The molecule has 2 aromatic rings. The molecule has 2 rings (SSSR count). The Labute approximate surface area is 111 Å². The molecule has 0 aliphatic carbocycles. The van der Waals surface area contributed by atoms with Crippen LogP contribution in [0.2, 0.25) is 0 Å². The number of anilines is 2. The van der Waals surface area contributed by atoms with Gasteiger partial charge in [-0.25, -0.2) is 0 Å². The standard InChI is InChI=1S/C12H9F3N4O/c13-12(14,15)7-2-1-3-8(6-7)17-11(20)9-4-5-10(16)19-18-9/h1-6H,(H2,16,19)(H,17,20). The summed E-state index contributed by atoms with van der Waals surface area (Å²) in [7, 11) is 0. The fourth-order valence-electron chi connectivity index (χ4n) is 1.43. The average Bonchev–Trinajstić information content (AvgIpc) is 2.38. The van der Waals surface area contributed by atoms with Gasteiger partial charge in [-0.15, -0.1) is 10.2 Å². The van der Waals surface area contributed by atoms with Crippen molar-refractivity contribution in [3.8, 4) is 0 Å². The van der Waals surface area contributed by atoms with Crippen molar-refractivity contribution >= 4 is 17.4 Å². The van der Waals surface area contributed by atoms with Gasteiger partial charge in [-0.1, -0.05) is 6.07 Å². The van der Waals surface area contributed by atoms with Crippen molar-refractivity contribution in [2.75, 3.05) is 11.1 Å². The number of carbonyl (C=O) groups is 1. The van der Waals surface area contributed by atoms with Crippen molar-refractivity contribution in [2.24, 2.45) is 0 Å².